The third-order valence-electron chi connectivity index (χ3n) is 3.67. The van der Waals surface area contributed by atoms with Crippen LogP contribution in [-0.4, -0.2) is 23.3 Å². The van der Waals surface area contributed by atoms with Crippen LogP contribution in [0.15, 0.2) is 15.9 Å². The Labute approximate surface area is 114 Å². The van der Waals surface area contributed by atoms with E-state index in [1.807, 2.05) is 6.92 Å². The lowest BCUT2D eigenvalue weighted by molar-refractivity contribution is 0.287. The molecule has 1 heterocycles. The van der Waals surface area contributed by atoms with Gasteiger partial charge >= 0.3 is 0 Å². The summed E-state index contributed by atoms with van der Waals surface area (Å²) >= 11 is 1.74. The van der Waals surface area contributed by atoms with Crippen LogP contribution in [0.3, 0.4) is 0 Å². The number of rotatable bonds is 6. The fraction of sp³-hybridized carbons (Fsp3) is 0.786. The Morgan fingerprint density at radius 1 is 1.44 bits per heavy atom. The molecule has 0 amide bonds. The smallest absolute Gasteiger partial charge is 0.255 e. The van der Waals surface area contributed by atoms with Crippen LogP contribution < -0.4 is 5.32 Å². The van der Waals surface area contributed by atoms with Crippen molar-refractivity contribution in [3.8, 4) is 0 Å². The van der Waals surface area contributed by atoms with Crippen molar-refractivity contribution < 1.29 is 4.42 Å². The molecule has 3 nitrogen and oxygen atoms in total. The SMILES string of the molecule is CCNC(CSc1nc(C)co1)C1CCCCC1. The normalized spacial score (nSPS) is 19.0. The predicted octanol–water partition coefficient (Wildman–Crippen LogP) is 3.63. The average Bonchev–Trinajstić information content (AvgIpc) is 2.81. The molecular weight excluding hydrogens is 244 g/mol. The molecule has 0 radical (unpaired) electrons. The van der Waals surface area contributed by atoms with E-state index in [1.54, 1.807) is 18.0 Å². The molecule has 1 fully saturated rings. The number of oxazole rings is 1. The average molecular weight is 268 g/mol. The second-order valence-corrected chi connectivity index (χ2v) is 6.10. The van der Waals surface area contributed by atoms with Gasteiger partial charge in [0.1, 0.15) is 6.26 Å². The van der Waals surface area contributed by atoms with E-state index in [4.69, 9.17) is 4.42 Å². The van der Waals surface area contributed by atoms with Gasteiger partial charge in [-0.15, -0.1) is 0 Å². The molecule has 1 aromatic rings. The van der Waals surface area contributed by atoms with E-state index in [0.717, 1.165) is 29.1 Å². The first kappa shape index (κ1) is 13.9. The van der Waals surface area contributed by atoms with Gasteiger partial charge < -0.3 is 9.73 Å². The zero-order chi connectivity index (χ0) is 12.8. The van der Waals surface area contributed by atoms with Crippen molar-refractivity contribution in [1.82, 2.24) is 10.3 Å². The fourth-order valence-corrected chi connectivity index (χ4v) is 3.76. The number of aryl methyl sites for hydroxylation is 1. The van der Waals surface area contributed by atoms with Gasteiger partial charge in [-0.3, -0.25) is 0 Å². The third kappa shape index (κ3) is 4.02. The molecule has 1 aromatic heterocycles. The number of hydrogen-bond acceptors (Lipinski definition) is 4. The van der Waals surface area contributed by atoms with Crippen LogP contribution in [0.25, 0.3) is 0 Å². The van der Waals surface area contributed by atoms with Crippen LogP contribution in [0.4, 0.5) is 0 Å². The van der Waals surface area contributed by atoms with Gasteiger partial charge in [-0.2, -0.15) is 0 Å². The van der Waals surface area contributed by atoms with Crippen molar-refractivity contribution in [2.24, 2.45) is 5.92 Å². The van der Waals surface area contributed by atoms with E-state index in [-0.39, 0.29) is 0 Å². The first-order valence-corrected chi connectivity index (χ1v) is 8.06. The Hall–Kier alpha value is -0.480. The molecule has 1 atom stereocenters. The largest absolute Gasteiger partial charge is 0.440 e. The van der Waals surface area contributed by atoms with E-state index in [9.17, 15) is 0 Å². The van der Waals surface area contributed by atoms with Crippen molar-refractivity contribution >= 4 is 11.8 Å². The van der Waals surface area contributed by atoms with Gasteiger partial charge in [-0.25, -0.2) is 4.98 Å². The third-order valence-corrected chi connectivity index (χ3v) is 4.63. The molecule has 1 aliphatic carbocycles. The number of thioether (sulfide) groups is 1. The Bertz CT molecular complexity index is 347. The first-order valence-electron chi connectivity index (χ1n) is 7.08. The van der Waals surface area contributed by atoms with E-state index in [0.29, 0.717) is 6.04 Å². The van der Waals surface area contributed by atoms with Gasteiger partial charge in [-0.1, -0.05) is 37.9 Å². The summed E-state index contributed by atoms with van der Waals surface area (Å²) < 4.78 is 5.40. The summed E-state index contributed by atoms with van der Waals surface area (Å²) in [4.78, 5) is 4.36. The summed E-state index contributed by atoms with van der Waals surface area (Å²) in [7, 11) is 0. The van der Waals surface area contributed by atoms with E-state index in [1.165, 1.54) is 32.1 Å². The van der Waals surface area contributed by atoms with Crippen LogP contribution in [0.2, 0.25) is 0 Å². The maximum atomic E-state index is 5.40. The lowest BCUT2D eigenvalue weighted by Gasteiger charge is -2.30. The molecule has 4 heteroatoms. The number of nitrogens with zero attached hydrogens (tertiary/aromatic N) is 1. The molecule has 1 N–H and O–H groups in total. The van der Waals surface area contributed by atoms with Gasteiger partial charge in [0.15, 0.2) is 0 Å². The highest BCUT2D eigenvalue weighted by Crippen LogP contribution is 2.29. The van der Waals surface area contributed by atoms with Gasteiger partial charge in [-0.05, 0) is 32.2 Å². The van der Waals surface area contributed by atoms with E-state index >= 15 is 0 Å². The van der Waals surface area contributed by atoms with Crippen LogP contribution in [0.1, 0.15) is 44.7 Å². The van der Waals surface area contributed by atoms with Gasteiger partial charge in [0.05, 0.1) is 5.69 Å². The lowest BCUT2D eigenvalue weighted by atomic mass is 9.84. The van der Waals surface area contributed by atoms with Crippen molar-refractivity contribution in [2.75, 3.05) is 12.3 Å². The molecule has 2 rings (SSSR count). The summed E-state index contributed by atoms with van der Waals surface area (Å²) in [5, 5.41) is 4.45. The Kier molecular flexibility index (Phi) is 5.57. The molecule has 102 valence electrons. The minimum absolute atomic E-state index is 0.604. The Morgan fingerprint density at radius 3 is 2.83 bits per heavy atom. The van der Waals surface area contributed by atoms with Gasteiger partial charge in [0.2, 0.25) is 0 Å². The number of aromatic nitrogens is 1. The first-order chi connectivity index (χ1) is 8.79. The van der Waals surface area contributed by atoms with Gasteiger partial charge in [0, 0.05) is 11.8 Å². The molecule has 1 saturated carbocycles. The van der Waals surface area contributed by atoms with Crippen molar-refractivity contribution in [3.63, 3.8) is 0 Å². The molecule has 1 unspecified atom stereocenters. The van der Waals surface area contributed by atoms with Crippen LogP contribution in [-0.2, 0) is 0 Å². The summed E-state index contributed by atoms with van der Waals surface area (Å²) in [5.41, 5.74) is 0.968. The zero-order valence-electron chi connectivity index (χ0n) is 11.4. The molecule has 18 heavy (non-hydrogen) atoms. The summed E-state index contributed by atoms with van der Waals surface area (Å²) in [6.45, 7) is 5.21. The maximum absolute atomic E-state index is 5.40. The minimum Gasteiger partial charge on any atom is -0.440 e. The van der Waals surface area contributed by atoms with Crippen molar-refractivity contribution in [3.05, 3.63) is 12.0 Å². The fourth-order valence-electron chi connectivity index (χ4n) is 2.72. The van der Waals surface area contributed by atoms with E-state index < -0.39 is 0 Å². The number of hydrogen-bond donors (Lipinski definition) is 1. The van der Waals surface area contributed by atoms with Crippen molar-refractivity contribution in [1.29, 1.82) is 0 Å². The highest BCUT2D eigenvalue weighted by molar-refractivity contribution is 7.99. The highest BCUT2D eigenvalue weighted by atomic mass is 32.2. The number of nitrogens with one attached hydrogen (secondary N) is 1. The molecule has 0 bridgehead atoms. The molecular formula is C14H24N2OS. The minimum atomic E-state index is 0.604. The molecule has 1 aliphatic rings. The topological polar surface area (TPSA) is 38.1 Å². The summed E-state index contributed by atoms with van der Waals surface area (Å²) in [6, 6.07) is 0.604. The standard InChI is InChI=1S/C14H24N2OS/c1-3-15-13(12-7-5-4-6-8-12)10-18-14-16-11(2)9-17-14/h9,12-13,15H,3-8,10H2,1-2H3. The molecule has 0 spiro atoms. The summed E-state index contributed by atoms with van der Waals surface area (Å²) in [5.74, 6) is 1.90. The second-order valence-electron chi connectivity index (χ2n) is 5.13. The summed E-state index contributed by atoms with van der Waals surface area (Å²) in [6.07, 6.45) is 8.70. The Balaban J connectivity index is 1.85. The molecule has 0 saturated heterocycles. The zero-order valence-corrected chi connectivity index (χ0v) is 12.3. The quantitative estimate of drug-likeness (QED) is 0.799. The molecule has 0 aromatic carbocycles. The van der Waals surface area contributed by atoms with Crippen LogP contribution in [0.5, 0.6) is 0 Å². The van der Waals surface area contributed by atoms with Crippen LogP contribution >= 0.6 is 11.8 Å². The van der Waals surface area contributed by atoms with Crippen molar-refractivity contribution in [2.45, 2.75) is 57.2 Å². The highest BCUT2D eigenvalue weighted by Gasteiger charge is 2.23. The Morgan fingerprint density at radius 2 is 2.22 bits per heavy atom. The lowest BCUT2D eigenvalue weighted by Crippen LogP contribution is -2.39. The van der Waals surface area contributed by atoms with Gasteiger partial charge in [0.25, 0.3) is 5.22 Å². The second kappa shape index (κ2) is 7.19. The van der Waals surface area contributed by atoms with E-state index in [2.05, 4.69) is 17.2 Å². The monoisotopic (exact) mass is 268 g/mol. The maximum Gasteiger partial charge on any atom is 0.255 e. The molecule has 0 aliphatic heterocycles. The van der Waals surface area contributed by atoms with Crippen LogP contribution in [0, 0.1) is 12.8 Å². The predicted molar refractivity (Wildman–Crippen MR) is 76.0 cm³/mol.